The van der Waals surface area contributed by atoms with Gasteiger partial charge in [-0.1, -0.05) is 56.3 Å². The number of nitrogens with two attached hydrogens (primary N) is 1. The van der Waals surface area contributed by atoms with E-state index in [1.165, 1.54) is 0 Å². The van der Waals surface area contributed by atoms with Crippen molar-refractivity contribution in [1.82, 2.24) is 16.0 Å². The van der Waals surface area contributed by atoms with E-state index in [9.17, 15) is 19.5 Å². The lowest BCUT2D eigenvalue weighted by Crippen LogP contribution is -2.60. The zero-order valence-electron chi connectivity index (χ0n) is 20.6. The van der Waals surface area contributed by atoms with Crippen LogP contribution in [-0.4, -0.2) is 53.6 Å². The summed E-state index contributed by atoms with van der Waals surface area (Å²) >= 11 is 0. The highest BCUT2D eigenvalue weighted by molar-refractivity contribution is 5.95. The van der Waals surface area contributed by atoms with Gasteiger partial charge in [0, 0.05) is 25.4 Å². The van der Waals surface area contributed by atoms with Gasteiger partial charge in [-0.2, -0.15) is 0 Å². The lowest BCUT2D eigenvalue weighted by Gasteiger charge is -2.29. The first kappa shape index (κ1) is 27.3. The summed E-state index contributed by atoms with van der Waals surface area (Å²) in [5.74, 6) is -1.27. The predicted octanol–water partition coefficient (Wildman–Crippen LogP) is 1.63. The summed E-state index contributed by atoms with van der Waals surface area (Å²) in [7, 11) is 0. The molecular weight excluding hydrogens is 432 g/mol. The van der Waals surface area contributed by atoms with Crippen LogP contribution >= 0.6 is 0 Å². The molecule has 34 heavy (non-hydrogen) atoms. The number of hydrogen-bond donors (Lipinski definition) is 5. The lowest BCUT2D eigenvalue weighted by atomic mass is 9.97. The van der Waals surface area contributed by atoms with Gasteiger partial charge < -0.3 is 26.8 Å². The van der Waals surface area contributed by atoms with Crippen LogP contribution in [0.5, 0.6) is 0 Å². The van der Waals surface area contributed by atoms with Crippen molar-refractivity contribution in [2.24, 2.45) is 11.7 Å². The van der Waals surface area contributed by atoms with Crippen molar-refractivity contribution in [3.05, 3.63) is 48.0 Å². The van der Waals surface area contributed by atoms with Crippen molar-refractivity contribution in [2.45, 2.75) is 64.6 Å². The van der Waals surface area contributed by atoms with E-state index in [1.807, 2.05) is 56.3 Å². The number of benzene rings is 2. The standard InChI is InChI=1S/C26H38N4O4/c1-5-18(6-2)23(32)30-26(3,4)25(34)29-22(24(33)28-16-21(31)15-27)14-17-11-12-19-9-7-8-10-20(19)13-17/h7-13,18,21-22,31H,5-6,14-16,27H2,1-4H3,(H,28,33)(H,29,34)(H,30,32). The van der Waals surface area contributed by atoms with Crippen LogP contribution in [0.1, 0.15) is 46.1 Å². The zero-order chi connectivity index (χ0) is 25.3. The van der Waals surface area contributed by atoms with Gasteiger partial charge in [0.2, 0.25) is 17.7 Å². The zero-order valence-corrected chi connectivity index (χ0v) is 20.6. The number of carbonyl (C=O) groups is 3. The predicted molar refractivity (Wildman–Crippen MR) is 134 cm³/mol. The molecule has 0 bridgehead atoms. The average Bonchev–Trinajstić information content (AvgIpc) is 2.82. The second-order valence-electron chi connectivity index (χ2n) is 9.17. The number of hydrogen-bond acceptors (Lipinski definition) is 5. The molecule has 8 heteroatoms. The Bertz CT molecular complexity index is 988. The van der Waals surface area contributed by atoms with E-state index in [-0.39, 0.29) is 31.3 Å². The SMILES string of the molecule is CCC(CC)C(=O)NC(C)(C)C(=O)NC(Cc1ccc2ccccc2c1)C(=O)NCC(O)CN. The first-order valence-electron chi connectivity index (χ1n) is 11.9. The Balaban J connectivity index is 2.21. The molecule has 186 valence electrons. The highest BCUT2D eigenvalue weighted by atomic mass is 16.3. The quantitative estimate of drug-likeness (QED) is 0.322. The van der Waals surface area contributed by atoms with Gasteiger partial charge in [-0.3, -0.25) is 14.4 Å². The number of nitrogens with one attached hydrogen (secondary N) is 3. The average molecular weight is 471 g/mol. The van der Waals surface area contributed by atoms with E-state index >= 15 is 0 Å². The number of fused-ring (bicyclic) bond motifs is 1. The molecule has 0 fully saturated rings. The molecule has 0 saturated heterocycles. The number of aliphatic hydroxyl groups is 1. The van der Waals surface area contributed by atoms with Gasteiger partial charge in [0.25, 0.3) is 0 Å². The molecule has 0 aliphatic heterocycles. The summed E-state index contributed by atoms with van der Waals surface area (Å²) in [4.78, 5) is 38.6. The molecule has 2 atom stereocenters. The monoisotopic (exact) mass is 470 g/mol. The molecule has 0 aromatic heterocycles. The highest BCUT2D eigenvalue weighted by Gasteiger charge is 2.34. The molecule has 3 amide bonds. The third-order valence-electron chi connectivity index (χ3n) is 6.02. The smallest absolute Gasteiger partial charge is 0.245 e. The minimum atomic E-state index is -1.21. The second kappa shape index (κ2) is 12.5. The van der Waals surface area contributed by atoms with Crippen molar-refractivity contribution in [3.63, 3.8) is 0 Å². The maximum atomic E-state index is 13.1. The summed E-state index contributed by atoms with van der Waals surface area (Å²) in [5.41, 5.74) is 5.09. The van der Waals surface area contributed by atoms with E-state index in [1.54, 1.807) is 13.8 Å². The molecule has 2 aromatic rings. The van der Waals surface area contributed by atoms with Crippen molar-refractivity contribution in [2.75, 3.05) is 13.1 Å². The van der Waals surface area contributed by atoms with Crippen LogP contribution in [0.4, 0.5) is 0 Å². The van der Waals surface area contributed by atoms with Crippen molar-refractivity contribution in [3.8, 4) is 0 Å². The maximum Gasteiger partial charge on any atom is 0.245 e. The summed E-state index contributed by atoms with van der Waals surface area (Å²) in [6, 6.07) is 12.9. The minimum absolute atomic E-state index is 0.0110. The Morgan fingerprint density at radius 2 is 1.65 bits per heavy atom. The van der Waals surface area contributed by atoms with Crippen molar-refractivity contribution in [1.29, 1.82) is 0 Å². The van der Waals surface area contributed by atoms with Crippen LogP contribution in [-0.2, 0) is 20.8 Å². The number of amides is 3. The van der Waals surface area contributed by atoms with Crippen molar-refractivity contribution >= 4 is 28.5 Å². The minimum Gasteiger partial charge on any atom is -0.390 e. The van der Waals surface area contributed by atoms with Gasteiger partial charge in [-0.15, -0.1) is 0 Å². The first-order chi connectivity index (χ1) is 16.1. The third-order valence-corrected chi connectivity index (χ3v) is 6.02. The Morgan fingerprint density at radius 3 is 2.26 bits per heavy atom. The molecule has 0 saturated carbocycles. The number of aliphatic hydroxyl groups excluding tert-OH is 1. The molecule has 2 rings (SSSR count). The molecule has 0 spiro atoms. The molecule has 6 N–H and O–H groups in total. The molecular formula is C26H38N4O4. The van der Waals surface area contributed by atoms with Crippen LogP contribution in [0.2, 0.25) is 0 Å². The van der Waals surface area contributed by atoms with E-state index in [4.69, 9.17) is 5.73 Å². The normalized spacial score (nSPS) is 13.4. The Labute approximate surface area is 201 Å². The third kappa shape index (κ3) is 7.53. The molecule has 0 heterocycles. The molecule has 0 radical (unpaired) electrons. The highest BCUT2D eigenvalue weighted by Crippen LogP contribution is 2.17. The van der Waals surface area contributed by atoms with Crippen LogP contribution < -0.4 is 21.7 Å². The topological polar surface area (TPSA) is 134 Å². The summed E-state index contributed by atoms with van der Waals surface area (Å²) in [6.45, 7) is 7.09. The fraction of sp³-hybridized carbons (Fsp3) is 0.500. The van der Waals surface area contributed by atoms with E-state index < -0.39 is 29.5 Å². The van der Waals surface area contributed by atoms with Gasteiger partial charge in [0.05, 0.1) is 6.10 Å². The fourth-order valence-electron chi connectivity index (χ4n) is 3.70. The van der Waals surface area contributed by atoms with Gasteiger partial charge in [0.1, 0.15) is 11.6 Å². The Kier molecular flexibility index (Phi) is 10.0. The molecule has 8 nitrogen and oxygen atoms in total. The summed E-state index contributed by atoms with van der Waals surface area (Å²) in [6.07, 6.45) is 0.724. The second-order valence-corrected chi connectivity index (χ2v) is 9.17. The molecule has 2 aromatic carbocycles. The van der Waals surface area contributed by atoms with Gasteiger partial charge >= 0.3 is 0 Å². The molecule has 0 aliphatic rings. The number of carbonyl (C=O) groups excluding carboxylic acids is 3. The maximum absolute atomic E-state index is 13.1. The number of rotatable bonds is 12. The van der Waals surface area contributed by atoms with Crippen LogP contribution in [0.25, 0.3) is 10.8 Å². The summed E-state index contributed by atoms with van der Waals surface area (Å²) < 4.78 is 0. The van der Waals surface area contributed by atoms with E-state index in [0.29, 0.717) is 12.8 Å². The molecule has 0 aliphatic carbocycles. The largest absolute Gasteiger partial charge is 0.390 e. The van der Waals surface area contributed by atoms with Gasteiger partial charge in [-0.05, 0) is 43.0 Å². The van der Waals surface area contributed by atoms with E-state index in [2.05, 4.69) is 16.0 Å². The van der Waals surface area contributed by atoms with Gasteiger partial charge in [-0.25, -0.2) is 0 Å². The van der Waals surface area contributed by atoms with E-state index in [0.717, 1.165) is 16.3 Å². The van der Waals surface area contributed by atoms with Gasteiger partial charge in [0.15, 0.2) is 0 Å². The van der Waals surface area contributed by atoms with Crippen molar-refractivity contribution < 1.29 is 19.5 Å². The van der Waals surface area contributed by atoms with Crippen LogP contribution in [0, 0.1) is 5.92 Å². The fourth-order valence-corrected chi connectivity index (χ4v) is 3.70. The Morgan fingerprint density at radius 1 is 1.00 bits per heavy atom. The van der Waals surface area contributed by atoms with Crippen LogP contribution in [0.15, 0.2) is 42.5 Å². The summed E-state index contributed by atoms with van der Waals surface area (Å²) in [5, 5.41) is 20.1. The first-order valence-corrected chi connectivity index (χ1v) is 11.9. The molecule has 2 unspecified atom stereocenters. The van der Waals surface area contributed by atoms with Crippen LogP contribution in [0.3, 0.4) is 0 Å². The Hall–Kier alpha value is -2.97. The lowest BCUT2D eigenvalue weighted by molar-refractivity contribution is -0.136.